The molecule has 17 heavy (non-hydrogen) atoms. The Morgan fingerprint density at radius 2 is 2.41 bits per heavy atom. The van der Waals surface area contributed by atoms with Gasteiger partial charge < -0.3 is 15.0 Å². The minimum absolute atomic E-state index is 0.0209. The maximum Gasteiger partial charge on any atom is 0.165 e. The normalized spacial score (nSPS) is 33.0. The van der Waals surface area contributed by atoms with Crippen LogP contribution in [0.5, 0.6) is 0 Å². The first kappa shape index (κ1) is 11.1. The van der Waals surface area contributed by atoms with Crippen LogP contribution in [0, 0.1) is 12.8 Å². The van der Waals surface area contributed by atoms with E-state index in [0.29, 0.717) is 17.7 Å². The second-order valence-corrected chi connectivity index (χ2v) is 5.57. The fourth-order valence-corrected chi connectivity index (χ4v) is 3.25. The lowest BCUT2D eigenvalue weighted by atomic mass is 9.92. The van der Waals surface area contributed by atoms with Gasteiger partial charge >= 0.3 is 0 Å². The number of amidine groups is 1. The number of aliphatic imine (C=N–C) groups is 1. The number of aryl methyl sites for hydroxylation is 1. The van der Waals surface area contributed by atoms with Crippen molar-refractivity contribution >= 4 is 16.9 Å². The van der Waals surface area contributed by atoms with Crippen LogP contribution >= 0.6 is 11.8 Å². The standard InChI is InChI=1S/C11H15N3O2S/c1-6-2-10(16-14-6)9-3-7-5-17-11(12)13-8(7)4-15-9/h2,7-9H,3-5H2,1H3,(H2,12,13). The third-order valence-electron chi connectivity index (χ3n) is 3.23. The summed E-state index contributed by atoms with van der Waals surface area (Å²) >= 11 is 1.63. The molecule has 0 spiro atoms. The summed E-state index contributed by atoms with van der Waals surface area (Å²) in [5, 5.41) is 4.58. The van der Waals surface area contributed by atoms with Gasteiger partial charge in [0.15, 0.2) is 10.9 Å². The van der Waals surface area contributed by atoms with Crippen molar-refractivity contribution in [3.63, 3.8) is 0 Å². The Morgan fingerprint density at radius 3 is 3.18 bits per heavy atom. The summed E-state index contributed by atoms with van der Waals surface area (Å²) in [6.45, 7) is 2.54. The van der Waals surface area contributed by atoms with Crippen molar-refractivity contribution in [1.82, 2.24) is 5.16 Å². The van der Waals surface area contributed by atoms with Gasteiger partial charge in [-0.2, -0.15) is 0 Å². The minimum Gasteiger partial charge on any atom is -0.379 e. The van der Waals surface area contributed by atoms with Crippen molar-refractivity contribution in [3.8, 4) is 0 Å². The molecule has 0 radical (unpaired) electrons. The van der Waals surface area contributed by atoms with Gasteiger partial charge in [0.2, 0.25) is 0 Å². The molecule has 6 heteroatoms. The second kappa shape index (κ2) is 4.34. The predicted molar refractivity (Wildman–Crippen MR) is 65.9 cm³/mol. The molecule has 3 heterocycles. The molecule has 2 aliphatic heterocycles. The Labute approximate surface area is 104 Å². The molecule has 1 saturated heterocycles. The molecule has 1 fully saturated rings. The van der Waals surface area contributed by atoms with Gasteiger partial charge in [-0.25, -0.2) is 0 Å². The Bertz CT molecular complexity index is 446. The van der Waals surface area contributed by atoms with Crippen molar-refractivity contribution in [2.75, 3.05) is 12.4 Å². The summed E-state index contributed by atoms with van der Waals surface area (Å²) in [5.74, 6) is 2.37. The summed E-state index contributed by atoms with van der Waals surface area (Å²) in [6.07, 6.45) is 0.955. The molecule has 92 valence electrons. The summed E-state index contributed by atoms with van der Waals surface area (Å²) in [6, 6.07) is 2.16. The predicted octanol–water partition coefficient (Wildman–Crippen LogP) is 1.49. The molecule has 2 aliphatic rings. The molecule has 3 unspecified atom stereocenters. The molecular formula is C11H15N3O2S. The number of fused-ring (bicyclic) bond motifs is 1. The lowest BCUT2D eigenvalue weighted by Crippen LogP contribution is -2.38. The first-order chi connectivity index (χ1) is 8.22. The summed E-state index contributed by atoms with van der Waals surface area (Å²) < 4.78 is 11.1. The molecule has 1 aromatic heterocycles. The minimum atomic E-state index is 0.0209. The van der Waals surface area contributed by atoms with Gasteiger partial charge in [0.25, 0.3) is 0 Å². The molecule has 0 aliphatic carbocycles. The smallest absolute Gasteiger partial charge is 0.165 e. The Kier molecular flexibility index (Phi) is 2.84. The molecule has 0 aromatic carbocycles. The fourth-order valence-electron chi connectivity index (χ4n) is 2.30. The van der Waals surface area contributed by atoms with Gasteiger partial charge in [-0.15, -0.1) is 0 Å². The van der Waals surface area contributed by atoms with Crippen molar-refractivity contribution in [1.29, 1.82) is 0 Å². The Hall–Kier alpha value is -1.01. The number of thioether (sulfide) groups is 1. The number of rotatable bonds is 1. The van der Waals surface area contributed by atoms with Gasteiger partial charge in [-0.3, -0.25) is 4.99 Å². The van der Waals surface area contributed by atoms with E-state index in [0.717, 1.165) is 23.6 Å². The van der Waals surface area contributed by atoms with E-state index in [-0.39, 0.29) is 12.1 Å². The maximum absolute atomic E-state index is 5.79. The van der Waals surface area contributed by atoms with Crippen LogP contribution in [0.4, 0.5) is 0 Å². The van der Waals surface area contributed by atoms with Crippen molar-refractivity contribution in [2.24, 2.45) is 16.6 Å². The molecule has 5 nitrogen and oxygen atoms in total. The van der Waals surface area contributed by atoms with Crippen molar-refractivity contribution < 1.29 is 9.26 Å². The van der Waals surface area contributed by atoms with Gasteiger partial charge in [0, 0.05) is 11.8 Å². The molecular weight excluding hydrogens is 238 g/mol. The van der Waals surface area contributed by atoms with Crippen LogP contribution in [-0.4, -0.2) is 28.7 Å². The monoisotopic (exact) mass is 253 g/mol. The van der Waals surface area contributed by atoms with Gasteiger partial charge in [0.05, 0.1) is 18.3 Å². The van der Waals surface area contributed by atoms with Gasteiger partial charge in [0.1, 0.15) is 6.10 Å². The van der Waals surface area contributed by atoms with Crippen molar-refractivity contribution in [2.45, 2.75) is 25.5 Å². The van der Waals surface area contributed by atoms with E-state index in [1.165, 1.54) is 0 Å². The van der Waals surface area contributed by atoms with E-state index in [2.05, 4.69) is 10.1 Å². The fraction of sp³-hybridized carbons (Fsp3) is 0.636. The van der Waals surface area contributed by atoms with E-state index in [4.69, 9.17) is 15.0 Å². The van der Waals surface area contributed by atoms with Crippen LogP contribution in [-0.2, 0) is 4.74 Å². The summed E-state index contributed by atoms with van der Waals surface area (Å²) in [7, 11) is 0. The number of ether oxygens (including phenoxy) is 1. The van der Waals surface area contributed by atoms with Crippen LogP contribution in [0.2, 0.25) is 0 Å². The van der Waals surface area contributed by atoms with Crippen LogP contribution in [0.25, 0.3) is 0 Å². The first-order valence-corrected chi connectivity index (χ1v) is 6.72. The first-order valence-electron chi connectivity index (χ1n) is 5.73. The molecule has 2 N–H and O–H groups in total. The lowest BCUT2D eigenvalue weighted by molar-refractivity contribution is -0.0312. The molecule has 3 rings (SSSR count). The zero-order chi connectivity index (χ0) is 11.8. The zero-order valence-electron chi connectivity index (χ0n) is 9.63. The highest BCUT2D eigenvalue weighted by atomic mass is 32.2. The SMILES string of the molecule is Cc1cc(C2CC3CSC(N)=NC3CO2)on1. The van der Waals surface area contributed by atoms with E-state index < -0.39 is 0 Å². The number of aromatic nitrogens is 1. The molecule has 3 atom stereocenters. The summed E-state index contributed by atoms with van der Waals surface area (Å²) in [4.78, 5) is 4.42. The largest absolute Gasteiger partial charge is 0.379 e. The van der Waals surface area contributed by atoms with E-state index in [9.17, 15) is 0 Å². The van der Waals surface area contributed by atoms with E-state index in [1.807, 2.05) is 13.0 Å². The summed E-state index contributed by atoms with van der Waals surface area (Å²) in [5.41, 5.74) is 6.61. The Morgan fingerprint density at radius 1 is 1.53 bits per heavy atom. The average molecular weight is 253 g/mol. The molecule has 0 bridgehead atoms. The number of nitrogens with zero attached hydrogens (tertiary/aromatic N) is 2. The van der Waals surface area contributed by atoms with Crippen LogP contribution in [0.15, 0.2) is 15.6 Å². The molecule has 0 amide bonds. The van der Waals surface area contributed by atoms with Crippen LogP contribution in [0.3, 0.4) is 0 Å². The lowest BCUT2D eigenvalue weighted by Gasteiger charge is -2.35. The highest BCUT2D eigenvalue weighted by Crippen LogP contribution is 2.37. The average Bonchev–Trinajstić information content (AvgIpc) is 2.75. The number of hydrogen-bond acceptors (Lipinski definition) is 6. The number of nitrogens with two attached hydrogens (primary N) is 1. The van der Waals surface area contributed by atoms with Gasteiger partial charge in [-0.1, -0.05) is 16.9 Å². The van der Waals surface area contributed by atoms with Crippen molar-refractivity contribution in [3.05, 3.63) is 17.5 Å². The third-order valence-corrected chi connectivity index (χ3v) is 4.23. The van der Waals surface area contributed by atoms with Crippen LogP contribution < -0.4 is 5.73 Å². The Balaban J connectivity index is 1.73. The maximum atomic E-state index is 5.79. The van der Waals surface area contributed by atoms with Crippen LogP contribution in [0.1, 0.15) is 24.0 Å². The number of hydrogen-bond donors (Lipinski definition) is 1. The quantitative estimate of drug-likeness (QED) is 0.820. The zero-order valence-corrected chi connectivity index (χ0v) is 10.4. The van der Waals surface area contributed by atoms with E-state index >= 15 is 0 Å². The topological polar surface area (TPSA) is 73.6 Å². The molecule has 1 aromatic rings. The van der Waals surface area contributed by atoms with Gasteiger partial charge in [-0.05, 0) is 19.3 Å². The second-order valence-electron chi connectivity index (χ2n) is 4.53. The highest BCUT2D eigenvalue weighted by Gasteiger charge is 2.35. The van der Waals surface area contributed by atoms with E-state index in [1.54, 1.807) is 11.8 Å². The third kappa shape index (κ3) is 2.19. The molecule has 0 saturated carbocycles. The highest BCUT2D eigenvalue weighted by molar-refractivity contribution is 8.13.